The van der Waals surface area contributed by atoms with Gasteiger partial charge >= 0.3 is 0 Å². The van der Waals surface area contributed by atoms with Crippen molar-refractivity contribution in [1.82, 2.24) is 9.13 Å². The molecule has 2 aromatic heterocycles. The normalized spacial score (nSPS) is 11.3. The van der Waals surface area contributed by atoms with E-state index in [9.17, 15) is 0 Å². The number of fused-ring (bicyclic) bond motifs is 6. The van der Waals surface area contributed by atoms with E-state index in [0.29, 0.717) is 11.4 Å². The van der Waals surface area contributed by atoms with Crippen LogP contribution < -0.4 is 0 Å². The van der Waals surface area contributed by atoms with Crippen molar-refractivity contribution in [2.45, 2.75) is 0 Å². The van der Waals surface area contributed by atoms with Crippen molar-refractivity contribution in [2.75, 3.05) is 0 Å². The van der Waals surface area contributed by atoms with E-state index in [2.05, 4.69) is 134 Å². The van der Waals surface area contributed by atoms with Crippen molar-refractivity contribution in [3.8, 4) is 33.6 Å². The lowest BCUT2D eigenvalue weighted by atomic mass is 9.91. The summed E-state index contributed by atoms with van der Waals surface area (Å²) in [5.41, 5.74) is 10.9. The topological polar surface area (TPSA) is 18.6 Å². The van der Waals surface area contributed by atoms with Crippen LogP contribution in [0.3, 0.4) is 0 Å². The van der Waals surface area contributed by atoms with E-state index in [1.54, 1.807) is 0 Å². The monoisotopic (exact) mass is 610 g/mol. The Morgan fingerprint density at radius 3 is 1.31 bits per heavy atom. The van der Waals surface area contributed by atoms with Crippen LogP contribution in [0.1, 0.15) is 0 Å². The maximum absolute atomic E-state index is 8.24. The molecule has 48 heavy (non-hydrogen) atoms. The van der Waals surface area contributed by atoms with Crippen molar-refractivity contribution in [3.05, 3.63) is 181 Å². The molecule has 0 amide bonds. The number of aromatic nitrogens is 2. The molecular formula is C44H26N4. The molecular weight excluding hydrogens is 585 g/mol. The molecule has 0 spiro atoms. The fraction of sp³-hybridized carbons (Fsp3) is 0. The van der Waals surface area contributed by atoms with Gasteiger partial charge in [-0.3, -0.25) is 0 Å². The number of benzene rings is 7. The van der Waals surface area contributed by atoms with E-state index in [0.717, 1.165) is 66.5 Å². The Hall–Kier alpha value is -6.88. The van der Waals surface area contributed by atoms with Crippen molar-refractivity contribution < 1.29 is 0 Å². The Bertz CT molecular complexity index is 2690. The average molecular weight is 611 g/mol. The van der Waals surface area contributed by atoms with Crippen LogP contribution in [0.15, 0.2) is 158 Å². The van der Waals surface area contributed by atoms with Crippen LogP contribution in [0.4, 0.5) is 11.4 Å². The van der Waals surface area contributed by atoms with Gasteiger partial charge in [0.25, 0.3) is 0 Å². The summed E-state index contributed by atoms with van der Waals surface area (Å²) >= 11 is 0. The molecule has 0 saturated heterocycles. The maximum Gasteiger partial charge on any atom is 0.211 e. The van der Waals surface area contributed by atoms with Gasteiger partial charge in [-0.05, 0) is 58.7 Å². The number of para-hydroxylation sites is 5. The number of hydrogen-bond acceptors (Lipinski definition) is 0. The summed E-state index contributed by atoms with van der Waals surface area (Å²) < 4.78 is 4.51. The van der Waals surface area contributed by atoms with Gasteiger partial charge in [0.05, 0.1) is 40.9 Å². The minimum absolute atomic E-state index is 0.534. The molecule has 222 valence electrons. The second-order valence-electron chi connectivity index (χ2n) is 11.9. The van der Waals surface area contributed by atoms with Crippen LogP contribution in [0, 0.1) is 13.1 Å². The minimum atomic E-state index is 0.534. The summed E-state index contributed by atoms with van der Waals surface area (Å²) in [6.07, 6.45) is 0. The zero-order chi connectivity index (χ0) is 32.2. The highest BCUT2D eigenvalue weighted by Gasteiger charge is 2.22. The molecule has 4 nitrogen and oxygen atoms in total. The zero-order valence-electron chi connectivity index (χ0n) is 25.8. The van der Waals surface area contributed by atoms with Crippen LogP contribution in [-0.2, 0) is 0 Å². The molecule has 0 atom stereocenters. The molecule has 4 heteroatoms. The van der Waals surface area contributed by atoms with E-state index in [-0.39, 0.29) is 0 Å². The van der Waals surface area contributed by atoms with E-state index in [4.69, 9.17) is 13.1 Å². The molecule has 9 aromatic rings. The molecule has 0 aliphatic carbocycles. The van der Waals surface area contributed by atoms with Gasteiger partial charge in [0.1, 0.15) is 0 Å². The second-order valence-corrected chi connectivity index (χ2v) is 11.9. The summed E-state index contributed by atoms with van der Waals surface area (Å²) in [5, 5.41) is 4.69. The quantitative estimate of drug-likeness (QED) is 0.177. The Labute approximate surface area is 277 Å². The van der Waals surface area contributed by atoms with Gasteiger partial charge in [-0.25, -0.2) is 9.69 Å². The highest BCUT2D eigenvalue weighted by molar-refractivity contribution is 6.11. The fourth-order valence-corrected chi connectivity index (χ4v) is 7.37. The van der Waals surface area contributed by atoms with E-state index in [1.165, 1.54) is 10.8 Å². The van der Waals surface area contributed by atoms with Gasteiger partial charge in [-0.15, -0.1) is 0 Å². The summed E-state index contributed by atoms with van der Waals surface area (Å²) in [7, 11) is 0. The Kier molecular flexibility index (Phi) is 6.22. The molecule has 0 saturated carbocycles. The van der Waals surface area contributed by atoms with Crippen LogP contribution in [-0.4, -0.2) is 9.13 Å². The van der Waals surface area contributed by atoms with Crippen molar-refractivity contribution in [2.24, 2.45) is 0 Å². The number of rotatable bonds is 4. The first-order valence-corrected chi connectivity index (χ1v) is 15.9. The average Bonchev–Trinajstić information content (AvgIpc) is 3.67. The van der Waals surface area contributed by atoms with Crippen LogP contribution in [0.25, 0.3) is 86.9 Å². The van der Waals surface area contributed by atoms with Crippen molar-refractivity contribution in [3.63, 3.8) is 0 Å². The van der Waals surface area contributed by atoms with E-state index >= 15 is 0 Å². The fourth-order valence-electron chi connectivity index (χ4n) is 7.37. The molecule has 0 fully saturated rings. The highest BCUT2D eigenvalue weighted by atomic mass is 15.0. The van der Waals surface area contributed by atoms with Gasteiger partial charge in [-0.2, -0.15) is 0 Å². The zero-order valence-corrected chi connectivity index (χ0v) is 25.8. The molecule has 2 heterocycles. The molecule has 0 bridgehead atoms. The van der Waals surface area contributed by atoms with Gasteiger partial charge < -0.3 is 9.13 Å². The van der Waals surface area contributed by atoms with E-state index in [1.807, 2.05) is 42.5 Å². The lowest BCUT2D eigenvalue weighted by molar-refractivity contribution is 1.18. The predicted octanol–water partition coefficient (Wildman–Crippen LogP) is 12.3. The summed E-state index contributed by atoms with van der Waals surface area (Å²) in [5.74, 6) is 0. The Morgan fingerprint density at radius 1 is 0.375 bits per heavy atom. The first kappa shape index (κ1) is 27.4. The van der Waals surface area contributed by atoms with Crippen LogP contribution >= 0.6 is 0 Å². The standard InChI is InChI=1S/C44H26N4/c1-45-37-19-11-17-31(29-25-27-30(28-26-29)47-39-21-7-3-13-32(39)33-14-4-8-22-40(33)47)43(37)36-18-12-20-38(46-2)44(36)48-41-23-9-5-15-34(41)35-16-6-10-24-42(35)48/h3-28H. The van der Waals surface area contributed by atoms with Gasteiger partial charge in [0.2, 0.25) is 5.69 Å². The lowest BCUT2D eigenvalue weighted by Crippen LogP contribution is -1.99. The summed E-state index contributed by atoms with van der Waals surface area (Å²) in [6, 6.07) is 54.0. The number of nitrogens with zero attached hydrogens (tertiary/aromatic N) is 4. The predicted molar refractivity (Wildman–Crippen MR) is 199 cm³/mol. The summed E-state index contributed by atoms with van der Waals surface area (Å²) in [6.45, 7) is 16.5. The van der Waals surface area contributed by atoms with E-state index < -0.39 is 0 Å². The summed E-state index contributed by atoms with van der Waals surface area (Å²) in [4.78, 5) is 8.04. The van der Waals surface area contributed by atoms with Crippen molar-refractivity contribution in [1.29, 1.82) is 0 Å². The van der Waals surface area contributed by atoms with Gasteiger partial charge in [-0.1, -0.05) is 121 Å². The molecule has 0 N–H and O–H groups in total. The first-order chi connectivity index (χ1) is 23.8. The van der Waals surface area contributed by atoms with Crippen LogP contribution in [0.5, 0.6) is 0 Å². The lowest BCUT2D eigenvalue weighted by Gasteiger charge is -2.20. The third-order valence-electron chi connectivity index (χ3n) is 9.39. The first-order valence-electron chi connectivity index (χ1n) is 15.9. The third kappa shape index (κ3) is 4.01. The smallest absolute Gasteiger partial charge is 0.211 e. The highest BCUT2D eigenvalue weighted by Crippen LogP contribution is 2.47. The third-order valence-corrected chi connectivity index (χ3v) is 9.39. The second kappa shape index (κ2) is 10.9. The number of hydrogen-bond donors (Lipinski definition) is 0. The molecule has 0 unspecified atom stereocenters. The molecule has 0 radical (unpaired) electrons. The Balaban J connectivity index is 1.28. The molecule has 7 aromatic carbocycles. The minimum Gasteiger partial charge on any atom is -0.318 e. The van der Waals surface area contributed by atoms with Gasteiger partial charge in [0, 0.05) is 27.2 Å². The molecule has 0 aliphatic rings. The van der Waals surface area contributed by atoms with Crippen molar-refractivity contribution >= 4 is 55.0 Å². The maximum atomic E-state index is 8.24. The molecule has 0 aliphatic heterocycles. The Morgan fingerprint density at radius 2 is 0.812 bits per heavy atom. The largest absolute Gasteiger partial charge is 0.318 e. The molecule has 9 rings (SSSR count). The van der Waals surface area contributed by atoms with Crippen LogP contribution in [0.2, 0.25) is 0 Å². The SMILES string of the molecule is [C-]#[N+]c1cccc(-c2ccc(-n3c4ccccc4c4ccccc43)cc2)c1-c1cccc([N+]#[C-])c1-n1c2ccccc2c2ccccc21. The van der Waals surface area contributed by atoms with Gasteiger partial charge in [0.15, 0.2) is 5.69 Å².